The van der Waals surface area contributed by atoms with E-state index in [0.29, 0.717) is 13.1 Å². The molecule has 0 radical (unpaired) electrons. The van der Waals surface area contributed by atoms with Crippen LogP contribution in [0, 0.1) is 5.92 Å². The van der Waals surface area contributed by atoms with Crippen molar-refractivity contribution in [3.8, 4) is 0 Å². The number of carboxylic acid groups (broad SMARTS) is 1. The molecule has 5 nitrogen and oxygen atoms in total. The predicted molar refractivity (Wildman–Crippen MR) is 69.7 cm³/mol. The molecule has 2 heterocycles. The van der Waals surface area contributed by atoms with Crippen LogP contribution in [0.5, 0.6) is 0 Å². The van der Waals surface area contributed by atoms with Gasteiger partial charge in [0.25, 0.3) is 0 Å². The molecular weight excluding hydrogens is 244 g/mol. The van der Waals surface area contributed by atoms with E-state index in [1.807, 2.05) is 30.5 Å². The lowest BCUT2D eigenvalue weighted by Gasteiger charge is -2.35. The first-order valence-corrected chi connectivity index (χ1v) is 6.23. The molecule has 1 atom stereocenters. The highest BCUT2D eigenvalue weighted by Gasteiger charge is 2.41. The molecule has 1 fully saturated rings. The summed E-state index contributed by atoms with van der Waals surface area (Å²) in [7, 11) is 0. The molecule has 2 N–H and O–H groups in total. The number of aromatic amines is 1. The highest BCUT2D eigenvalue weighted by molar-refractivity contribution is 6.01. The molecule has 3 rings (SSSR count). The van der Waals surface area contributed by atoms with Crippen LogP contribution in [-0.2, 0) is 16.0 Å². The molecule has 1 aromatic carbocycles. The molecule has 1 aliphatic heterocycles. The molecule has 1 amide bonds. The zero-order valence-corrected chi connectivity index (χ0v) is 10.3. The number of H-pyrrole nitrogens is 1. The maximum absolute atomic E-state index is 11.6. The first kappa shape index (κ1) is 11.8. The Kier molecular flexibility index (Phi) is 2.74. The van der Waals surface area contributed by atoms with Crippen molar-refractivity contribution in [3.63, 3.8) is 0 Å². The van der Waals surface area contributed by atoms with Crippen LogP contribution in [0.2, 0.25) is 0 Å². The van der Waals surface area contributed by atoms with Gasteiger partial charge >= 0.3 is 5.97 Å². The average Bonchev–Trinajstić information content (AvgIpc) is 2.80. The number of fused-ring (bicyclic) bond motifs is 1. The number of para-hydroxylation sites is 1. The van der Waals surface area contributed by atoms with Gasteiger partial charge in [0.2, 0.25) is 5.91 Å². The van der Waals surface area contributed by atoms with Gasteiger partial charge in [0, 0.05) is 30.2 Å². The van der Waals surface area contributed by atoms with Crippen LogP contribution in [0.1, 0.15) is 5.56 Å². The molecule has 1 aliphatic rings. The number of nitrogens with one attached hydrogen (secondary N) is 1. The summed E-state index contributed by atoms with van der Waals surface area (Å²) >= 11 is 0. The van der Waals surface area contributed by atoms with Gasteiger partial charge in [-0.25, -0.2) is 0 Å². The smallest absolute Gasteiger partial charge is 0.317 e. The van der Waals surface area contributed by atoms with Crippen molar-refractivity contribution < 1.29 is 14.7 Å². The number of amides is 1. The summed E-state index contributed by atoms with van der Waals surface area (Å²) in [4.78, 5) is 27.0. The average molecular weight is 258 g/mol. The summed E-state index contributed by atoms with van der Waals surface area (Å²) in [6.07, 6.45) is 2.69. The molecule has 0 aliphatic carbocycles. The number of likely N-dealkylation sites (tertiary alicyclic amines) is 1. The largest absolute Gasteiger partial charge is 0.481 e. The van der Waals surface area contributed by atoms with Crippen molar-refractivity contribution in [1.82, 2.24) is 9.88 Å². The summed E-state index contributed by atoms with van der Waals surface area (Å²) in [5.74, 6) is -2.12. The van der Waals surface area contributed by atoms with Crippen LogP contribution in [0.15, 0.2) is 30.5 Å². The van der Waals surface area contributed by atoms with Crippen molar-refractivity contribution in [3.05, 3.63) is 36.0 Å². The number of hydrogen-bond donors (Lipinski definition) is 2. The molecule has 0 bridgehead atoms. The fraction of sp³-hybridized carbons (Fsp3) is 0.286. The molecular formula is C14H14N2O3. The van der Waals surface area contributed by atoms with E-state index in [-0.39, 0.29) is 5.91 Å². The molecule has 98 valence electrons. The van der Waals surface area contributed by atoms with E-state index in [1.165, 1.54) is 0 Å². The summed E-state index contributed by atoms with van der Waals surface area (Å²) in [6, 6.07) is 8.00. The standard InChI is InChI=1S/C14H14N2O3/c17-13-11(14(18)19)8-16(13)6-5-9-7-15-12-4-2-1-3-10(9)12/h1-4,7,11,15H,5-6,8H2,(H,18,19). The second-order valence-electron chi connectivity index (χ2n) is 4.78. The molecule has 0 spiro atoms. The lowest BCUT2D eigenvalue weighted by Crippen LogP contribution is -2.56. The number of hydrogen-bond acceptors (Lipinski definition) is 2. The maximum Gasteiger partial charge on any atom is 0.317 e. The van der Waals surface area contributed by atoms with Gasteiger partial charge in [-0.15, -0.1) is 0 Å². The fourth-order valence-corrected chi connectivity index (χ4v) is 2.48. The zero-order chi connectivity index (χ0) is 13.4. The van der Waals surface area contributed by atoms with E-state index in [4.69, 9.17) is 5.11 Å². The number of carbonyl (C=O) groups is 2. The van der Waals surface area contributed by atoms with Crippen molar-refractivity contribution in [2.45, 2.75) is 6.42 Å². The van der Waals surface area contributed by atoms with Gasteiger partial charge in [-0.05, 0) is 18.1 Å². The SMILES string of the molecule is O=C(O)C1CN(CCc2c[nH]c3ccccc23)C1=O. The Morgan fingerprint density at radius 3 is 2.95 bits per heavy atom. The highest BCUT2D eigenvalue weighted by Crippen LogP contribution is 2.21. The third-order valence-electron chi connectivity index (χ3n) is 3.64. The van der Waals surface area contributed by atoms with Gasteiger partial charge in [0.1, 0.15) is 0 Å². The van der Waals surface area contributed by atoms with Crippen LogP contribution in [0.3, 0.4) is 0 Å². The molecule has 1 unspecified atom stereocenters. The van der Waals surface area contributed by atoms with Gasteiger partial charge in [0.15, 0.2) is 5.92 Å². The third-order valence-corrected chi connectivity index (χ3v) is 3.64. The van der Waals surface area contributed by atoms with E-state index in [1.54, 1.807) is 4.90 Å². The molecule has 0 saturated carbocycles. The number of carbonyl (C=O) groups excluding carboxylic acids is 1. The second-order valence-corrected chi connectivity index (χ2v) is 4.78. The lowest BCUT2D eigenvalue weighted by molar-refractivity contribution is -0.161. The Morgan fingerprint density at radius 1 is 1.42 bits per heavy atom. The molecule has 2 aromatic rings. The van der Waals surface area contributed by atoms with E-state index >= 15 is 0 Å². The summed E-state index contributed by atoms with van der Waals surface area (Å²) in [5.41, 5.74) is 2.23. The zero-order valence-electron chi connectivity index (χ0n) is 10.3. The number of β-lactam (4-membered cyclic amide) rings is 1. The highest BCUT2D eigenvalue weighted by atomic mass is 16.4. The van der Waals surface area contributed by atoms with Crippen LogP contribution in [-0.4, -0.2) is 40.0 Å². The van der Waals surface area contributed by atoms with E-state index in [0.717, 1.165) is 22.9 Å². The fourth-order valence-electron chi connectivity index (χ4n) is 2.48. The van der Waals surface area contributed by atoms with Crippen molar-refractivity contribution in [2.24, 2.45) is 5.92 Å². The second kappa shape index (κ2) is 4.42. The van der Waals surface area contributed by atoms with Crippen molar-refractivity contribution in [2.75, 3.05) is 13.1 Å². The van der Waals surface area contributed by atoms with E-state index in [9.17, 15) is 9.59 Å². The minimum atomic E-state index is -1.02. The molecule has 1 aromatic heterocycles. The number of aromatic nitrogens is 1. The van der Waals surface area contributed by atoms with Gasteiger partial charge in [-0.2, -0.15) is 0 Å². The number of nitrogens with zero attached hydrogens (tertiary/aromatic N) is 1. The first-order valence-electron chi connectivity index (χ1n) is 6.23. The molecule has 1 saturated heterocycles. The van der Waals surface area contributed by atoms with Crippen LogP contribution in [0.25, 0.3) is 10.9 Å². The number of aliphatic carboxylic acids is 1. The topological polar surface area (TPSA) is 73.4 Å². The van der Waals surface area contributed by atoms with Crippen molar-refractivity contribution in [1.29, 1.82) is 0 Å². The Hall–Kier alpha value is -2.30. The van der Waals surface area contributed by atoms with Crippen LogP contribution < -0.4 is 0 Å². The summed E-state index contributed by atoms with van der Waals surface area (Å²) in [6.45, 7) is 0.904. The van der Waals surface area contributed by atoms with Gasteiger partial charge < -0.3 is 15.0 Å². The quantitative estimate of drug-likeness (QED) is 0.640. The maximum atomic E-state index is 11.6. The third kappa shape index (κ3) is 1.97. The summed E-state index contributed by atoms with van der Waals surface area (Å²) in [5, 5.41) is 9.92. The monoisotopic (exact) mass is 258 g/mol. The Bertz CT molecular complexity index is 647. The Morgan fingerprint density at radius 2 is 2.21 bits per heavy atom. The van der Waals surface area contributed by atoms with Crippen LogP contribution >= 0.6 is 0 Å². The Labute approximate surface area is 109 Å². The molecule has 19 heavy (non-hydrogen) atoms. The first-order chi connectivity index (χ1) is 9.16. The number of carboxylic acids is 1. The summed E-state index contributed by atoms with van der Waals surface area (Å²) < 4.78 is 0. The van der Waals surface area contributed by atoms with E-state index in [2.05, 4.69) is 4.98 Å². The van der Waals surface area contributed by atoms with Gasteiger partial charge in [-0.1, -0.05) is 18.2 Å². The predicted octanol–water partition coefficient (Wildman–Crippen LogP) is 1.25. The molecule has 5 heteroatoms. The van der Waals surface area contributed by atoms with Gasteiger partial charge in [-0.3, -0.25) is 9.59 Å². The minimum absolute atomic E-state index is 0.271. The normalized spacial score (nSPS) is 18.6. The Balaban J connectivity index is 1.65. The minimum Gasteiger partial charge on any atom is -0.481 e. The van der Waals surface area contributed by atoms with E-state index < -0.39 is 11.9 Å². The van der Waals surface area contributed by atoms with Crippen molar-refractivity contribution >= 4 is 22.8 Å². The van der Waals surface area contributed by atoms with Gasteiger partial charge in [0.05, 0.1) is 0 Å². The lowest BCUT2D eigenvalue weighted by atomic mass is 9.98. The number of benzene rings is 1. The van der Waals surface area contributed by atoms with Crippen LogP contribution in [0.4, 0.5) is 0 Å². The number of rotatable bonds is 4.